The Morgan fingerprint density at radius 1 is 1.65 bits per heavy atom. The molecule has 1 aromatic rings. The highest BCUT2D eigenvalue weighted by atomic mass is 32.1. The molecule has 1 saturated heterocycles. The lowest BCUT2D eigenvalue weighted by Crippen LogP contribution is -2.55. The van der Waals surface area contributed by atoms with Gasteiger partial charge in [-0.2, -0.15) is 0 Å². The molecule has 0 aromatic carbocycles. The fraction of sp³-hybridized carbons (Fsp3) is 0.769. The minimum absolute atomic E-state index is 0.0974. The highest BCUT2D eigenvalue weighted by Gasteiger charge is 2.41. The standard InChI is InChI=1S/C13H23N3S/c1-4-6-15-13(5-7-14-8-10(13)2)12-16-11(3)9-17-12/h9-10,14-15H,4-8H2,1-3H3. The van der Waals surface area contributed by atoms with E-state index in [0.29, 0.717) is 5.92 Å². The second-order valence-electron chi connectivity index (χ2n) is 5.05. The second-order valence-corrected chi connectivity index (χ2v) is 5.91. The molecular weight excluding hydrogens is 230 g/mol. The van der Waals surface area contributed by atoms with Gasteiger partial charge < -0.3 is 10.6 Å². The van der Waals surface area contributed by atoms with Crippen molar-refractivity contribution in [3.63, 3.8) is 0 Å². The van der Waals surface area contributed by atoms with Crippen LogP contribution >= 0.6 is 11.3 Å². The van der Waals surface area contributed by atoms with E-state index in [-0.39, 0.29) is 5.54 Å². The summed E-state index contributed by atoms with van der Waals surface area (Å²) in [4.78, 5) is 4.74. The lowest BCUT2D eigenvalue weighted by Gasteiger charge is -2.42. The SMILES string of the molecule is CCCNC1(c2nc(C)cs2)CCNCC1C. The first-order chi connectivity index (χ1) is 8.19. The summed E-state index contributed by atoms with van der Waals surface area (Å²) in [7, 11) is 0. The van der Waals surface area contributed by atoms with E-state index in [0.717, 1.165) is 31.7 Å². The Kier molecular flexibility index (Phi) is 4.17. The molecule has 2 N–H and O–H groups in total. The molecule has 0 spiro atoms. The van der Waals surface area contributed by atoms with Crippen LogP contribution in [0.4, 0.5) is 0 Å². The van der Waals surface area contributed by atoms with Gasteiger partial charge in [0, 0.05) is 11.1 Å². The van der Waals surface area contributed by atoms with E-state index in [1.807, 2.05) is 11.3 Å². The molecule has 0 amide bonds. The molecule has 1 aliphatic rings. The van der Waals surface area contributed by atoms with Crippen molar-refractivity contribution in [2.24, 2.45) is 5.92 Å². The number of aryl methyl sites for hydroxylation is 1. The fourth-order valence-electron chi connectivity index (χ4n) is 2.59. The number of nitrogens with one attached hydrogen (secondary N) is 2. The first kappa shape index (κ1) is 13.0. The van der Waals surface area contributed by atoms with Crippen LogP contribution in [0.5, 0.6) is 0 Å². The Bertz CT molecular complexity index is 363. The lowest BCUT2D eigenvalue weighted by atomic mass is 9.79. The summed E-state index contributed by atoms with van der Waals surface area (Å²) in [6.07, 6.45) is 2.31. The molecule has 2 unspecified atom stereocenters. The van der Waals surface area contributed by atoms with Crippen molar-refractivity contribution < 1.29 is 0 Å². The van der Waals surface area contributed by atoms with Crippen LogP contribution in [0.3, 0.4) is 0 Å². The van der Waals surface area contributed by atoms with Gasteiger partial charge in [-0.3, -0.25) is 0 Å². The van der Waals surface area contributed by atoms with Crippen LogP contribution in [0.15, 0.2) is 5.38 Å². The fourth-order valence-corrected chi connectivity index (χ4v) is 3.70. The number of rotatable bonds is 4. The number of nitrogens with zero attached hydrogens (tertiary/aromatic N) is 1. The summed E-state index contributed by atoms with van der Waals surface area (Å²) in [5.74, 6) is 0.591. The van der Waals surface area contributed by atoms with Crippen LogP contribution in [0.2, 0.25) is 0 Å². The third-order valence-electron chi connectivity index (χ3n) is 3.68. The molecule has 96 valence electrons. The Morgan fingerprint density at radius 3 is 3.06 bits per heavy atom. The molecule has 2 atom stereocenters. The molecule has 17 heavy (non-hydrogen) atoms. The molecular formula is C13H23N3S. The monoisotopic (exact) mass is 253 g/mol. The van der Waals surface area contributed by atoms with Crippen molar-refractivity contribution in [3.05, 3.63) is 16.1 Å². The van der Waals surface area contributed by atoms with Gasteiger partial charge in [0.15, 0.2) is 0 Å². The molecule has 1 aromatic heterocycles. The average Bonchev–Trinajstić information content (AvgIpc) is 2.76. The Morgan fingerprint density at radius 2 is 2.47 bits per heavy atom. The lowest BCUT2D eigenvalue weighted by molar-refractivity contribution is 0.167. The predicted octanol–water partition coefficient (Wildman–Crippen LogP) is 2.28. The van der Waals surface area contributed by atoms with Crippen LogP contribution in [0.1, 0.15) is 37.4 Å². The van der Waals surface area contributed by atoms with Gasteiger partial charge in [0.25, 0.3) is 0 Å². The van der Waals surface area contributed by atoms with Crippen LogP contribution in [-0.2, 0) is 5.54 Å². The zero-order valence-electron chi connectivity index (χ0n) is 11.0. The molecule has 0 saturated carbocycles. The van der Waals surface area contributed by atoms with Gasteiger partial charge in [-0.05, 0) is 45.3 Å². The van der Waals surface area contributed by atoms with Gasteiger partial charge in [0.1, 0.15) is 5.01 Å². The van der Waals surface area contributed by atoms with Gasteiger partial charge >= 0.3 is 0 Å². The van der Waals surface area contributed by atoms with Gasteiger partial charge in [0.05, 0.1) is 5.54 Å². The van der Waals surface area contributed by atoms with E-state index in [1.165, 1.54) is 11.4 Å². The quantitative estimate of drug-likeness (QED) is 0.864. The molecule has 4 heteroatoms. The smallest absolute Gasteiger partial charge is 0.113 e. The minimum Gasteiger partial charge on any atom is -0.316 e. The normalized spacial score (nSPS) is 29.5. The molecule has 0 aliphatic carbocycles. The number of piperidine rings is 1. The summed E-state index contributed by atoms with van der Waals surface area (Å²) < 4.78 is 0. The minimum atomic E-state index is 0.0974. The molecule has 1 aliphatic heterocycles. The van der Waals surface area contributed by atoms with Gasteiger partial charge in [0.2, 0.25) is 0 Å². The van der Waals surface area contributed by atoms with Crippen molar-refractivity contribution >= 4 is 11.3 Å². The Balaban J connectivity index is 2.28. The molecule has 3 nitrogen and oxygen atoms in total. The molecule has 0 bridgehead atoms. The van der Waals surface area contributed by atoms with Gasteiger partial charge in [-0.15, -0.1) is 11.3 Å². The van der Waals surface area contributed by atoms with Crippen LogP contribution in [-0.4, -0.2) is 24.6 Å². The van der Waals surface area contributed by atoms with Crippen LogP contribution in [0, 0.1) is 12.8 Å². The van der Waals surface area contributed by atoms with Crippen molar-refractivity contribution in [1.29, 1.82) is 0 Å². The van der Waals surface area contributed by atoms with E-state index in [4.69, 9.17) is 4.98 Å². The zero-order valence-corrected chi connectivity index (χ0v) is 11.9. The highest BCUT2D eigenvalue weighted by Crippen LogP contribution is 2.36. The average molecular weight is 253 g/mol. The summed E-state index contributed by atoms with van der Waals surface area (Å²) >= 11 is 1.81. The van der Waals surface area contributed by atoms with E-state index >= 15 is 0 Å². The maximum Gasteiger partial charge on any atom is 0.113 e. The summed E-state index contributed by atoms with van der Waals surface area (Å²) in [6.45, 7) is 9.86. The highest BCUT2D eigenvalue weighted by molar-refractivity contribution is 7.09. The maximum absolute atomic E-state index is 4.74. The first-order valence-electron chi connectivity index (χ1n) is 6.57. The summed E-state index contributed by atoms with van der Waals surface area (Å²) in [6, 6.07) is 0. The van der Waals surface area contributed by atoms with Gasteiger partial charge in [-0.25, -0.2) is 4.98 Å². The predicted molar refractivity (Wildman–Crippen MR) is 73.5 cm³/mol. The van der Waals surface area contributed by atoms with Gasteiger partial charge in [-0.1, -0.05) is 13.8 Å². The van der Waals surface area contributed by atoms with Crippen molar-refractivity contribution in [2.75, 3.05) is 19.6 Å². The maximum atomic E-state index is 4.74. The number of aromatic nitrogens is 1. The molecule has 0 radical (unpaired) electrons. The van der Waals surface area contributed by atoms with E-state index in [1.54, 1.807) is 0 Å². The van der Waals surface area contributed by atoms with Crippen molar-refractivity contribution in [1.82, 2.24) is 15.6 Å². The Hall–Kier alpha value is -0.450. The molecule has 1 fully saturated rings. The Labute approximate surface area is 108 Å². The van der Waals surface area contributed by atoms with Crippen LogP contribution < -0.4 is 10.6 Å². The number of thiazole rings is 1. The van der Waals surface area contributed by atoms with Crippen molar-refractivity contribution in [2.45, 2.75) is 39.2 Å². The zero-order chi connectivity index (χ0) is 12.3. The topological polar surface area (TPSA) is 37.0 Å². The van der Waals surface area contributed by atoms with Crippen LogP contribution in [0.25, 0.3) is 0 Å². The second kappa shape index (κ2) is 5.46. The summed E-state index contributed by atoms with van der Waals surface area (Å²) in [5, 5.41) is 10.7. The number of hydrogen-bond donors (Lipinski definition) is 2. The number of hydrogen-bond acceptors (Lipinski definition) is 4. The summed E-state index contributed by atoms with van der Waals surface area (Å²) in [5.41, 5.74) is 1.24. The molecule has 2 rings (SSSR count). The molecule has 2 heterocycles. The third-order valence-corrected chi connectivity index (χ3v) is 4.82. The largest absolute Gasteiger partial charge is 0.316 e. The first-order valence-corrected chi connectivity index (χ1v) is 7.45. The van der Waals surface area contributed by atoms with E-state index < -0.39 is 0 Å². The third kappa shape index (κ3) is 2.54. The van der Waals surface area contributed by atoms with E-state index in [2.05, 4.69) is 36.8 Å². The van der Waals surface area contributed by atoms with Crippen molar-refractivity contribution in [3.8, 4) is 0 Å². The van der Waals surface area contributed by atoms with E-state index in [9.17, 15) is 0 Å².